The van der Waals surface area contributed by atoms with Gasteiger partial charge in [-0.25, -0.2) is 0 Å². The predicted molar refractivity (Wildman–Crippen MR) is 183 cm³/mol. The van der Waals surface area contributed by atoms with E-state index in [2.05, 4.69) is 27.7 Å². The van der Waals surface area contributed by atoms with E-state index in [0.29, 0.717) is 41.4 Å². The van der Waals surface area contributed by atoms with Gasteiger partial charge in [0.15, 0.2) is 18.4 Å². The van der Waals surface area contributed by atoms with Crippen molar-refractivity contribution in [2.24, 2.45) is 52.3 Å². The maximum atomic E-state index is 11.1. The fourth-order valence-electron chi connectivity index (χ4n) is 13.2. The Morgan fingerprint density at radius 1 is 0.673 bits per heavy atom. The van der Waals surface area contributed by atoms with Crippen molar-refractivity contribution < 1.29 is 64.2 Å². The molecule has 52 heavy (non-hydrogen) atoms. The molecule has 4 saturated heterocycles. The molecular weight excluding hydrogens is 676 g/mol. The van der Waals surface area contributed by atoms with Crippen LogP contribution in [0.4, 0.5) is 0 Å². The zero-order valence-corrected chi connectivity index (χ0v) is 31.2. The molecule has 4 saturated carbocycles. The normalized spacial score (nSPS) is 59.0. The summed E-state index contributed by atoms with van der Waals surface area (Å²) in [5.41, 5.74) is 0.425. The van der Waals surface area contributed by atoms with E-state index in [1.54, 1.807) is 0 Å². The Labute approximate surface area is 307 Å². The van der Waals surface area contributed by atoms with Gasteiger partial charge in [0.05, 0.1) is 32.0 Å². The Balaban J connectivity index is 0.942. The van der Waals surface area contributed by atoms with Gasteiger partial charge >= 0.3 is 0 Å². The minimum Gasteiger partial charge on any atom is -0.394 e. The molecule has 13 heteroatoms. The molecule has 7 unspecified atom stereocenters. The molecule has 0 amide bonds. The Kier molecular flexibility index (Phi) is 10.4. The molecule has 1 spiro atoms. The summed E-state index contributed by atoms with van der Waals surface area (Å²) in [6.07, 6.45) is -3.88. The van der Waals surface area contributed by atoms with Crippen molar-refractivity contribution in [1.82, 2.24) is 0 Å². The molecule has 298 valence electrons. The average Bonchev–Trinajstić information content (AvgIpc) is 3.58. The molecule has 4 heterocycles. The van der Waals surface area contributed by atoms with Gasteiger partial charge in [-0.2, -0.15) is 0 Å². The third-order valence-corrected chi connectivity index (χ3v) is 16.2. The SMILES string of the molecule is C[C@H]1CC[C@@]2(OC1)O[C@H]1C[C@H]3C4CC[C@@H]5C[C@@H](O[C@@H]6OC(CO)[C@H](O)[C@H](O)C6O[C@@H]6OC(CO)[C@@H](O)[C@H](O)C6O)CC[C@]5(C)C4CC[C@]3(C)C1[C@@H]2C. The lowest BCUT2D eigenvalue weighted by Gasteiger charge is -2.61. The molecule has 4 aliphatic heterocycles. The average molecular weight is 741 g/mol. The predicted octanol–water partition coefficient (Wildman–Crippen LogP) is 1.44. The first-order chi connectivity index (χ1) is 24.7. The second kappa shape index (κ2) is 14.1. The lowest BCUT2D eigenvalue weighted by molar-refractivity contribution is -0.373. The summed E-state index contributed by atoms with van der Waals surface area (Å²) in [5.74, 6) is 3.51. The van der Waals surface area contributed by atoms with Crippen LogP contribution in [0.25, 0.3) is 0 Å². The van der Waals surface area contributed by atoms with Crippen molar-refractivity contribution in [2.75, 3.05) is 19.8 Å². The number of fused-ring (bicyclic) bond motifs is 7. The van der Waals surface area contributed by atoms with Gasteiger partial charge in [0, 0.05) is 12.3 Å². The Morgan fingerprint density at radius 3 is 2.06 bits per heavy atom. The minimum atomic E-state index is -1.71. The van der Waals surface area contributed by atoms with Crippen molar-refractivity contribution in [3.8, 4) is 0 Å². The van der Waals surface area contributed by atoms with Gasteiger partial charge in [0.25, 0.3) is 0 Å². The van der Waals surface area contributed by atoms with Gasteiger partial charge in [-0.05, 0) is 104 Å². The van der Waals surface area contributed by atoms with E-state index in [0.717, 1.165) is 45.1 Å². The van der Waals surface area contributed by atoms with Crippen LogP contribution in [0.15, 0.2) is 0 Å². The largest absolute Gasteiger partial charge is 0.394 e. The van der Waals surface area contributed by atoms with Crippen LogP contribution in [0, 0.1) is 52.3 Å². The molecule has 0 bridgehead atoms. The Morgan fingerprint density at radius 2 is 1.37 bits per heavy atom. The molecule has 8 rings (SSSR count). The molecular formula is C39H64O13. The van der Waals surface area contributed by atoms with Crippen molar-refractivity contribution >= 4 is 0 Å². The fourth-order valence-corrected chi connectivity index (χ4v) is 13.2. The summed E-state index contributed by atoms with van der Waals surface area (Å²) >= 11 is 0. The van der Waals surface area contributed by atoms with Crippen LogP contribution in [0.1, 0.15) is 91.9 Å². The maximum Gasteiger partial charge on any atom is 0.187 e. The highest BCUT2D eigenvalue weighted by molar-refractivity contribution is 5.15. The van der Waals surface area contributed by atoms with Crippen molar-refractivity contribution in [2.45, 2.75) is 171 Å². The summed E-state index contributed by atoms with van der Waals surface area (Å²) in [7, 11) is 0. The van der Waals surface area contributed by atoms with Crippen LogP contribution in [-0.4, -0.2) is 135 Å². The van der Waals surface area contributed by atoms with Crippen LogP contribution < -0.4 is 0 Å². The number of aliphatic hydroxyl groups excluding tert-OH is 7. The first-order valence-electron chi connectivity index (χ1n) is 20.3. The molecule has 0 aromatic rings. The lowest BCUT2D eigenvalue weighted by atomic mass is 9.44. The van der Waals surface area contributed by atoms with E-state index in [1.165, 1.54) is 25.7 Å². The van der Waals surface area contributed by atoms with E-state index in [1.807, 2.05) is 0 Å². The van der Waals surface area contributed by atoms with E-state index in [-0.39, 0.29) is 23.0 Å². The van der Waals surface area contributed by atoms with Crippen LogP contribution in [0.2, 0.25) is 0 Å². The van der Waals surface area contributed by atoms with Gasteiger partial charge in [-0.3, -0.25) is 0 Å². The lowest BCUT2D eigenvalue weighted by Crippen LogP contribution is -2.65. The minimum absolute atomic E-state index is 0.168. The number of ether oxygens (including phenoxy) is 6. The zero-order chi connectivity index (χ0) is 36.9. The standard InChI is InChI=1S/C39H64O13/c1-18-7-12-39(47-17-18)19(2)28-25(52-39)14-24-22-6-5-20-13-21(8-10-37(20,3)23(22)9-11-38(24,28)4)48-36-34(32(45)30(43)27(16-41)50-36)51-35-33(46)31(44)29(42)26(15-40)49-35/h18-36,40-46H,5-17H2,1-4H3/t18-,19-,20+,21-,22?,23?,24-,25-,26?,27?,28?,29+,30-,31-,32-,33?,34?,35-,36+,37-,38-,39+/m0/s1. The monoisotopic (exact) mass is 740 g/mol. The summed E-state index contributed by atoms with van der Waals surface area (Å²) in [5, 5.41) is 72.7. The second-order valence-corrected chi connectivity index (χ2v) is 18.7. The number of rotatable bonds is 6. The van der Waals surface area contributed by atoms with Crippen molar-refractivity contribution in [1.29, 1.82) is 0 Å². The zero-order valence-electron chi connectivity index (χ0n) is 31.2. The molecule has 13 nitrogen and oxygen atoms in total. The molecule has 8 fully saturated rings. The second-order valence-electron chi connectivity index (χ2n) is 18.7. The van der Waals surface area contributed by atoms with E-state index < -0.39 is 80.4 Å². The summed E-state index contributed by atoms with van der Waals surface area (Å²) in [4.78, 5) is 0. The number of hydrogen-bond acceptors (Lipinski definition) is 13. The van der Waals surface area contributed by atoms with Crippen molar-refractivity contribution in [3.05, 3.63) is 0 Å². The third-order valence-electron chi connectivity index (χ3n) is 16.2. The summed E-state index contributed by atoms with van der Waals surface area (Å²) in [6.45, 7) is 9.33. The van der Waals surface area contributed by atoms with Crippen LogP contribution >= 0.6 is 0 Å². The van der Waals surface area contributed by atoms with Gasteiger partial charge in [-0.15, -0.1) is 0 Å². The highest BCUT2D eigenvalue weighted by atomic mass is 16.8. The molecule has 0 radical (unpaired) electrons. The first kappa shape index (κ1) is 38.4. The van der Waals surface area contributed by atoms with Gasteiger partial charge in [0.1, 0.15) is 48.8 Å². The molecule has 4 aliphatic carbocycles. The number of aliphatic hydroxyl groups is 7. The van der Waals surface area contributed by atoms with E-state index >= 15 is 0 Å². The first-order valence-corrected chi connectivity index (χ1v) is 20.3. The topological polar surface area (TPSA) is 197 Å². The highest BCUT2D eigenvalue weighted by Gasteiger charge is 2.69. The number of hydrogen-bond donors (Lipinski definition) is 7. The molecule has 8 aliphatic rings. The quantitative estimate of drug-likeness (QED) is 0.194. The van der Waals surface area contributed by atoms with E-state index in [9.17, 15) is 35.7 Å². The Hall–Kier alpha value is -0.520. The molecule has 0 aromatic carbocycles. The molecule has 0 aromatic heterocycles. The fraction of sp³-hybridized carbons (Fsp3) is 1.00. The Bertz CT molecular complexity index is 1260. The third kappa shape index (κ3) is 5.98. The van der Waals surface area contributed by atoms with E-state index in [4.69, 9.17) is 28.4 Å². The van der Waals surface area contributed by atoms with Gasteiger partial charge < -0.3 is 64.2 Å². The van der Waals surface area contributed by atoms with Crippen LogP contribution in [-0.2, 0) is 28.4 Å². The van der Waals surface area contributed by atoms with Gasteiger partial charge in [-0.1, -0.05) is 27.7 Å². The summed E-state index contributed by atoms with van der Waals surface area (Å²) < 4.78 is 37.5. The van der Waals surface area contributed by atoms with Crippen molar-refractivity contribution in [3.63, 3.8) is 0 Å². The van der Waals surface area contributed by atoms with Crippen LogP contribution in [0.5, 0.6) is 0 Å². The highest BCUT2D eigenvalue weighted by Crippen LogP contribution is 2.71. The van der Waals surface area contributed by atoms with Crippen LogP contribution in [0.3, 0.4) is 0 Å². The molecule has 7 N–H and O–H groups in total. The summed E-state index contributed by atoms with van der Waals surface area (Å²) in [6, 6.07) is 0. The van der Waals surface area contributed by atoms with Gasteiger partial charge in [0.2, 0.25) is 0 Å². The smallest absolute Gasteiger partial charge is 0.187 e. The maximum absolute atomic E-state index is 11.1. The molecule has 22 atom stereocenters.